The maximum Gasteiger partial charge on any atom is 0.416 e. The molecule has 1 aliphatic carbocycles. The van der Waals surface area contributed by atoms with Crippen molar-refractivity contribution in [3.63, 3.8) is 0 Å². The summed E-state index contributed by atoms with van der Waals surface area (Å²) < 4.78 is 43.3. The second-order valence-electron chi connectivity index (χ2n) is 4.59. The third kappa shape index (κ3) is 1.72. The number of hydrogen-bond acceptors (Lipinski definition) is 3. The summed E-state index contributed by atoms with van der Waals surface area (Å²) in [4.78, 5) is 0. The monoisotopic (exact) mass is 244 g/mol. The van der Waals surface area contributed by atoms with Gasteiger partial charge in [-0.25, -0.2) is 5.84 Å². The van der Waals surface area contributed by atoms with Gasteiger partial charge in [0.1, 0.15) is 11.4 Å². The highest BCUT2D eigenvalue weighted by Gasteiger charge is 2.50. The van der Waals surface area contributed by atoms with E-state index in [1.807, 2.05) is 0 Å². The molecule has 1 heterocycles. The molecule has 2 N–H and O–H groups in total. The quantitative estimate of drug-likeness (QED) is 0.712. The Labute approximate surface area is 95.9 Å². The molecule has 0 aromatic heterocycles. The van der Waals surface area contributed by atoms with Gasteiger partial charge in [-0.1, -0.05) is 0 Å². The maximum atomic E-state index is 12.5. The van der Waals surface area contributed by atoms with Crippen molar-refractivity contribution in [2.24, 2.45) is 5.84 Å². The first kappa shape index (κ1) is 10.7. The van der Waals surface area contributed by atoms with E-state index in [4.69, 9.17) is 10.6 Å². The summed E-state index contributed by atoms with van der Waals surface area (Å²) in [5, 5.41) is 1.35. The van der Waals surface area contributed by atoms with Gasteiger partial charge in [0.05, 0.1) is 17.8 Å². The highest BCUT2D eigenvalue weighted by molar-refractivity contribution is 5.62. The zero-order valence-electron chi connectivity index (χ0n) is 8.92. The molecule has 1 fully saturated rings. The normalized spacial score (nSPS) is 21.1. The second kappa shape index (κ2) is 3.07. The number of rotatable bonds is 0. The van der Waals surface area contributed by atoms with Crippen LogP contribution in [0.5, 0.6) is 5.75 Å². The fourth-order valence-electron chi connectivity index (χ4n) is 2.07. The summed E-state index contributed by atoms with van der Waals surface area (Å²) in [6.45, 7) is 0.446. The minimum absolute atomic E-state index is 0.262. The van der Waals surface area contributed by atoms with Crippen molar-refractivity contribution in [2.75, 3.05) is 11.6 Å². The fourth-order valence-corrected chi connectivity index (χ4v) is 2.07. The van der Waals surface area contributed by atoms with Crippen LogP contribution in [0, 0.1) is 0 Å². The van der Waals surface area contributed by atoms with Crippen LogP contribution in [0.15, 0.2) is 18.2 Å². The van der Waals surface area contributed by atoms with Crippen LogP contribution in [0.2, 0.25) is 0 Å². The molecule has 0 radical (unpaired) electrons. The van der Waals surface area contributed by atoms with Crippen LogP contribution < -0.4 is 15.6 Å². The molecule has 1 aromatic carbocycles. The predicted molar refractivity (Wildman–Crippen MR) is 55.6 cm³/mol. The molecule has 92 valence electrons. The summed E-state index contributed by atoms with van der Waals surface area (Å²) in [7, 11) is 0. The molecular weight excluding hydrogens is 233 g/mol. The van der Waals surface area contributed by atoms with Gasteiger partial charge in [0.25, 0.3) is 0 Å². The molecule has 2 aliphatic rings. The molecule has 0 unspecified atom stereocenters. The summed E-state index contributed by atoms with van der Waals surface area (Å²) in [5.74, 6) is 6.19. The number of alkyl halides is 3. The molecule has 1 spiro atoms. The van der Waals surface area contributed by atoms with Gasteiger partial charge in [-0.3, -0.25) is 0 Å². The van der Waals surface area contributed by atoms with E-state index in [9.17, 15) is 13.2 Å². The largest absolute Gasteiger partial charge is 0.483 e. The lowest BCUT2D eigenvalue weighted by molar-refractivity contribution is -0.137. The van der Waals surface area contributed by atoms with Gasteiger partial charge >= 0.3 is 6.18 Å². The molecule has 0 bridgehead atoms. The maximum absolute atomic E-state index is 12.5. The van der Waals surface area contributed by atoms with Gasteiger partial charge in [0, 0.05) is 0 Å². The zero-order chi connectivity index (χ0) is 12.3. The topological polar surface area (TPSA) is 38.5 Å². The number of anilines is 1. The molecule has 6 heteroatoms. The molecule has 17 heavy (non-hydrogen) atoms. The van der Waals surface area contributed by atoms with Crippen molar-refractivity contribution in [1.82, 2.24) is 0 Å². The first-order chi connectivity index (χ1) is 7.90. The van der Waals surface area contributed by atoms with E-state index in [0.29, 0.717) is 18.0 Å². The lowest BCUT2D eigenvalue weighted by atomic mass is 10.1. The second-order valence-corrected chi connectivity index (χ2v) is 4.59. The standard InChI is InChI=1S/C11H11F3N2O/c12-11(13,14)7-1-2-9-8(5-7)16(15)6-10(17-9)3-4-10/h1-2,5H,3-4,6,15H2. The van der Waals surface area contributed by atoms with Gasteiger partial charge in [0.2, 0.25) is 0 Å². The SMILES string of the molecule is NN1CC2(CC2)Oc2ccc(C(F)(F)F)cc21. The van der Waals surface area contributed by atoms with Crippen LogP contribution in [0.1, 0.15) is 18.4 Å². The van der Waals surface area contributed by atoms with E-state index in [2.05, 4.69) is 0 Å². The van der Waals surface area contributed by atoms with Crippen LogP contribution in [0.3, 0.4) is 0 Å². The number of benzene rings is 1. The number of nitrogens with two attached hydrogens (primary N) is 1. The molecule has 0 atom stereocenters. The Hall–Kier alpha value is -1.43. The molecular formula is C11H11F3N2O. The van der Waals surface area contributed by atoms with Gasteiger partial charge in [-0.2, -0.15) is 13.2 Å². The Morgan fingerprint density at radius 2 is 2.00 bits per heavy atom. The smallest absolute Gasteiger partial charge is 0.416 e. The molecule has 0 saturated heterocycles. The van der Waals surface area contributed by atoms with Gasteiger partial charge in [-0.15, -0.1) is 0 Å². The molecule has 3 rings (SSSR count). The molecule has 1 aliphatic heterocycles. The van der Waals surface area contributed by atoms with E-state index in [1.165, 1.54) is 11.1 Å². The van der Waals surface area contributed by atoms with E-state index >= 15 is 0 Å². The van der Waals surface area contributed by atoms with Gasteiger partial charge in [-0.05, 0) is 31.0 Å². The van der Waals surface area contributed by atoms with Crippen LogP contribution in [0.4, 0.5) is 18.9 Å². The van der Waals surface area contributed by atoms with Crippen molar-refractivity contribution in [1.29, 1.82) is 0 Å². The predicted octanol–water partition coefficient (Wildman–Crippen LogP) is 2.31. The van der Waals surface area contributed by atoms with Crippen LogP contribution in [-0.4, -0.2) is 12.1 Å². The van der Waals surface area contributed by atoms with Crippen molar-refractivity contribution in [3.8, 4) is 5.75 Å². The third-order valence-corrected chi connectivity index (χ3v) is 3.19. The number of hydrogen-bond donors (Lipinski definition) is 1. The van der Waals surface area contributed by atoms with Gasteiger partial charge in [0.15, 0.2) is 0 Å². The summed E-state index contributed by atoms with van der Waals surface area (Å²) in [5.41, 5.74) is -0.666. The van der Waals surface area contributed by atoms with Crippen molar-refractivity contribution < 1.29 is 17.9 Å². The number of hydrazine groups is 1. The lowest BCUT2D eigenvalue weighted by Gasteiger charge is -2.33. The fraction of sp³-hybridized carbons (Fsp3) is 0.455. The molecule has 1 saturated carbocycles. The Kier molecular flexibility index (Phi) is 1.93. The first-order valence-corrected chi connectivity index (χ1v) is 5.32. The Morgan fingerprint density at radius 1 is 1.29 bits per heavy atom. The Morgan fingerprint density at radius 3 is 2.59 bits per heavy atom. The molecule has 3 nitrogen and oxygen atoms in total. The van der Waals surface area contributed by atoms with E-state index in [0.717, 1.165) is 25.0 Å². The van der Waals surface area contributed by atoms with Crippen molar-refractivity contribution >= 4 is 5.69 Å². The Balaban J connectivity index is 2.01. The number of halogens is 3. The summed E-state index contributed by atoms with van der Waals surface area (Å²) in [6, 6.07) is 3.40. The van der Waals surface area contributed by atoms with Crippen LogP contribution in [0.25, 0.3) is 0 Å². The summed E-state index contributed by atoms with van der Waals surface area (Å²) in [6.07, 6.45) is -2.55. The van der Waals surface area contributed by atoms with E-state index in [-0.39, 0.29) is 5.60 Å². The Bertz CT molecular complexity index is 468. The number of nitrogens with zero attached hydrogens (tertiary/aromatic N) is 1. The third-order valence-electron chi connectivity index (χ3n) is 3.19. The number of ether oxygens (including phenoxy) is 1. The van der Waals surface area contributed by atoms with E-state index in [1.54, 1.807) is 0 Å². The minimum atomic E-state index is -4.36. The average Bonchev–Trinajstić information content (AvgIpc) is 2.95. The first-order valence-electron chi connectivity index (χ1n) is 5.32. The van der Waals surface area contributed by atoms with Crippen LogP contribution >= 0.6 is 0 Å². The lowest BCUT2D eigenvalue weighted by Crippen LogP contribution is -2.45. The van der Waals surface area contributed by atoms with Crippen molar-refractivity contribution in [3.05, 3.63) is 23.8 Å². The highest BCUT2D eigenvalue weighted by atomic mass is 19.4. The van der Waals surface area contributed by atoms with Crippen molar-refractivity contribution in [2.45, 2.75) is 24.6 Å². The zero-order valence-corrected chi connectivity index (χ0v) is 8.92. The van der Waals surface area contributed by atoms with Gasteiger partial charge < -0.3 is 9.75 Å². The summed E-state index contributed by atoms with van der Waals surface area (Å²) >= 11 is 0. The molecule has 1 aromatic rings. The van der Waals surface area contributed by atoms with E-state index < -0.39 is 11.7 Å². The van der Waals surface area contributed by atoms with Crippen LogP contribution in [-0.2, 0) is 6.18 Å². The highest BCUT2D eigenvalue weighted by Crippen LogP contribution is 2.48. The number of fused-ring (bicyclic) bond motifs is 1. The molecule has 0 amide bonds. The average molecular weight is 244 g/mol. The minimum Gasteiger partial charge on any atom is -0.483 e.